The predicted molar refractivity (Wildman–Crippen MR) is 95.9 cm³/mol. The van der Waals surface area contributed by atoms with Gasteiger partial charge in [0.15, 0.2) is 6.61 Å². The first-order chi connectivity index (χ1) is 11.5. The number of benzene rings is 2. The standard InChI is InChI=1S/C20H25NO3/c1-14-11-16(3)19(12-15(14)2)24-13-20(22)21-10-9-17-7-5-6-8-18(17)23-4/h5-8,11-12H,9-10,13H2,1-4H3,(H,21,22). The van der Waals surface area contributed by atoms with E-state index >= 15 is 0 Å². The monoisotopic (exact) mass is 327 g/mol. The summed E-state index contributed by atoms with van der Waals surface area (Å²) in [6.45, 7) is 6.66. The van der Waals surface area contributed by atoms with E-state index in [0.29, 0.717) is 6.54 Å². The number of nitrogens with one attached hydrogen (secondary N) is 1. The van der Waals surface area contributed by atoms with Crippen LogP contribution in [0.2, 0.25) is 0 Å². The summed E-state index contributed by atoms with van der Waals surface area (Å²) in [6.07, 6.45) is 0.721. The summed E-state index contributed by atoms with van der Waals surface area (Å²) < 4.78 is 11.0. The second kappa shape index (κ2) is 8.39. The minimum absolute atomic E-state index is 0.0231. The van der Waals surface area contributed by atoms with E-state index in [4.69, 9.17) is 9.47 Å². The summed E-state index contributed by atoms with van der Waals surface area (Å²) in [6, 6.07) is 11.9. The molecular weight excluding hydrogens is 302 g/mol. The molecule has 0 saturated carbocycles. The average molecular weight is 327 g/mol. The lowest BCUT2D eigenvalue weighted by Crippen LogP contribution is -2.30. The van der Waals surface area contributed by atoms with E-state index < -0.39 is 0 Å². The van der Waals surface area contributed by atoms with E-state index in [1.807, 2.05) is 44.2 Å². The zero-order valence-electron chi connectivity index (χ0n) is 14.8. The van der Waals surface area contributed by atoms with Crippen molar-refractivity contribution in [2.24, 2.45) is 0 Å². The molecule has 1 amide bonds. The number of amides is 1. The van der Waals surface area contributed by atoms with Crippen LogP contribution in [-0.4, -0.2) is 26.2 Å². The van der Waals surface area contributed by atoms with Crippen LogP contribution in [0.3, 0.4) is 0 Å². The lowest BCUT2D eigenvalue weighted by molar-refractivity contribution is -0.123. The number of para-hydroxylation sites is 1. The fourth-order valence-corrected chi connectivity index (χ4v) is 2.53. The molecule has 24 heavy (non-hydrogen) atoms. The van der Waals surface area contributed by atoms with Crippen molar-refractivity contribution in [2.75, 3.05) is 20.3 Å². The molecule has 2 rings (SSSR count). The van der Waals surface area contributed by atoms with E-state index in [-0.39, 0.29) is 12.5 Å². The quantitative estimate of drug-likeness (QED) is 0.848. The van der Waals surface area contributed by atoms with Gasteiger partial charge < -0.3 is 14.8 Å². The van der Waals surface area contributed by atoms with Crippen LogP contribution in [0.25, 0.3) is 0 Å². The SMILES string of the molecule is COc1ccccc1CCNC(=O)COc1cc(C)c(C)cc1C. The molecule has 1 N–H and O–H groups in total. The van der Waals surface area contributed by atoms with E-state index in [9.17, 15) is 4.79 Å². The largest absolute Gasteiger partial charge is 0.496 e. The number of aryl methyl sites for hydroxylation is 3. The maximum absolute atomic E-state index is 12.0. The van der Waals surface area contributed by atoms with Gasteiger partial charge in [-0.05, 0) is 61.6 Å². The molecule has 0 aliphatic carbocycles. The molecule has 0 aromatic heterocycles. The first kappa shape index (κ1) is 17.9. The number of rotatable bonds is 7. The Morgan fingerprint density at radius 3 is 2.46 bits per heavy atom. The van der Waals surface area contributed by atoms with Crippen LogP contribution in [-0.2, 0) is 11.2 Å². The molecule has 4 nitrogen and oxygen atoms in total. The Morgan fingerprint density at radius 2 is 1.71 bits per heavy atom. The molecule has 4 heteroatoms. The Hall–Kier alpha value is -2.49. The van der Waals surface area contributed by atoms with Crippen LogP contribution in [0.4, 0.5) is 0 Å². The topological polar surface area (TPSA) is 47.6 Å². The smallest absolute Gasteiger partial charge is 0.257 e. The minimum Gasteiger partial charge on any atom is -0.496 e. The Morgan fingerprint density at radius 1 is 1.00 bits per heavy atom. The molecule has 2 aromatic carbocycles. The number of ether oxygens (including phenoxy) is 2. The van der Waals surface area contributed by atoms with Crippen molar-refractivity contribution in [3.05, 3.63) is 58.7 Å². The van der Waals surface area contributed by atoms with E-state index in [2.05, 4.69) is 18.3 Å². The van der Waals surface area contributed by atoms with Gasteiger partial charge in [0.25, 0.3) is 5.91 Å². The first-order valence-corrected chi connectivity index (χ1v) is 8.10. The Kier molecular flexibility index (Phi) is 6.24. The number of methoxy groups -OCH3 is 1. The van der Waals surface area contributed by atoms with Gasteiger partial charge in [0.1, 0.15) is 11.5 Å². The van der Waals surface area contributed by atoms with Gasteiger partial charge in [0, 0.05) is 6.54 Å². The first-order valence-electron chi connectivity index (χ1n) is 8.10. The number of carbonyl (C=O) groups is 1. The number of hydrogen-bond donors (Lipinski definition) is 1. The van der Waals surface area contributed by atoms with Crippen molar-refractivity contribution < 1.29 is 14.3 Å². The second-order valence-electron chi connectivity index (χ2n) is 5.90. The maximum atomic E-state index is 12.0. The average Bonchev–Trinajstić information content (AvgIpc) is 2.57. The Bertz CT molecular complexity index is 710. The van der Waals surface area contributed by atoms with Gasteiger partial charge in [-0.2, -0.15) is 0 Å². The summed E-state index contributed by atoms with van der Waals surface area (Å²) >= 11 is 0. The molecule has 128 valence electrons. The van der Waals surface area contributed by atoms with Crippen molar-refractivity contribution >= 4 is 5.91 Å². The van der Waals surface area contributed by atoms with Crippen molar-refractivity contribution in [3.63, 3.8) is 0 Å². The molecular formula is C20H25NO3. The molecule has 0 spiro atoms. The molecule has 0 atom stereocenters. The summed E-state index contributed by atoms with van der Waals surface area (Å²) in [7, 11) is 1.65. The van der Waals surface area contributed by atoms with Crippen LogP contribution >= 0.6 is 0 Å². The summed E-state index contributed by atoms with van der Waals surface area (Å²) in [5.74, 6) is 1.48. The molecule has 0 aliphatic rings. The van der Waals surface area contributed by atoms with Crippen molar-refractivity contribution in [3.8, 4) is 11.5 Å². The molecule has 0 bridgehead atoms. The molecule has 0 heterocycles. The molecule has 2 aromatic rings. The molecule has 0 saturated heterocycles. The van der Waals surface area contributed by atoms with Gasteiger partial charge >= 0.3 is 0 Å². The normalized spacial score (nSPS) is 10.3. The van der Waals surface area contributed by atoms with Gasteiger partial charge in [-0.15, -0.1) is 0 Å². The lowest BCUT2D eigenvalue weighted by atomic mass is 10.1. The zero-order chi connectivity index (χ0) is 17.5. The predicted octanol–water partition coefficient (Wildman–Crippen LogP) is 3.36. The van der Waals surface area contributed by atoms with Crippen LogP contribution in [0, 0.1) is 20.8 Å². The van der Waals surface area contributed by atoms with Crippen molar-refractivity contribution in [1.29, 1.82) is 0 Å². The molecule has 0 fully saturated rings. The van der Waals surface area contributed by atoms with Crippen LogP contribution in [0.1, 0.15) is 22.3 Å². The Labute approximate surface area is 143 Å². The van der Waals surface area contributed by atoms with Gasteiger partial charge in [-0.25, -0.2) is 0 Å². The third kappa shape index (κ3) is 4.75. The van der Waals surface area contributed by atoms with Crippen LogP contribution in [0.5, 0.6) is 11.5 Å². The highest BCUT2D eigenvalue weighted by Gasteiger charge is 2.07. The third-order valence-electron chi connectivity index (χ3n) is 4.06. The van der Waals surface area contributed by atoms with Crippen molar-refractivity contribution in [1.82, 2.24) is 5.32 Å². The highest BCUT2D eigenvalue weighted by atomic mass is 16.5. The third-order valence-corrected chi connectivity index (χ3v) is 4.06. The maximum Gasteiger partial charge on any atom is 0.257 e. The summed E-state index contributed by atoms with van der Waals surface area (Å²) in [4.78, 5) is 12.0. The molecule has 0 radical (unpaired) electrons. The fourth-order valence-electron chi connectivity index (χ4n) is 2.53. The molecule has 0 unspecified atom stereocenters. The van der Waals surface area contributed by atoms with Gasteiger partial charge in [-0.1, -0.05) is 24.3 Å². The number of carbonyl (C=O) groups excluding carboxylic acids is 1. The fraction of sp³-hybridized carbons (Fsp3) is 0.350. The highest BCUT2D eigenvalue weighted by molar-refractivity contribution is 5.77. The van der Waals surface area contributed by atoms with Crippen molar-refractivity contribution in [2.45, 2.75) is 27.2 Å². The van der Waals surface area contributed by atoms with Gasteiger partial charge in [0.05, 0.1) is 7.11 Å². The van der Waals surface area contributed by atoms with Gasteiger partial charge in [0.2, 0.25) is 0 Å². The second-order valence-corrected chi connectivity index (χ2v) is 5.90. The van der Waals surface area contributed by atoms with Crippen LogP contribution in [0.15, 0.2) is 36.4 Å². The van der Waals surface area contributed by atoms with Crippen LogP contribution < -0.4 is 14.8 Å². The summed E-state index contributed by atoms with van der Waals surface area (Å²) in [5, 5.41) is 2.88. The minimum atomic E-state index is -0.123. The number of hydrogen-bond acceptors (Lipinski definition) is 3. The van der Waals surface area contributed by atoms with E-state index in [1.54, 1.807) is 7.11 Å². The summed E-state index contributed by atoms with van der Waals surface area (Å²) in [5.41, 5.74) is 4.50. The Balaban J connectivity index is 1.81. The van der Waals surface area contributed by atoms with E-state index in [1.165, 1.54) is 5.56 Å². The molecule has 0 aliphatic heterocycles. The van der Waals surface area contributed by atoms with E-state index in [0.717, 1.165) is 34.6 Å². The zero-order valence-corrected chi connectivity index (χ0v) is 14.8. The lowest BCUT2D eigenvalue weighted by Gasteiger charge is -2.12. The highest BCUT2D eigenvalue weighted by Crippen LogP contribution is 2.22. The van der Waals surface area contributed by atoms with Gasteiger partial charge in [-0.3, -0.25) is 4.79 Å².